The van der Waals surface area contributed by atoms with E-state index in [0.29, 0.717) is 36.1 Å². The molecule has 0 spiro atoms. The predicted molar refractivity (Wildman–Crippen MR) is 131 cm³/mol. The number of rotatable bonds is 7. The Bertz CT molecular complexity index is 1180. The molecular weight excluding hydrogens is 449 g/mol. The molecule has 1 aliphatic carbocycles. The number of benzene rings is 3. The average Bonchev–Trinajstić information content (AvgIpc) is 3.71. The molecule has 5 rings (SSSR count). The van der Waals surface area contributed by atoms with Gasteiger partial charge in [0, 0.05) is 5.56 Å². The van der Waals surface area contributed by atoms with Gasteiger partial charge in [-0.2, -0.15) is 0 Å². The molecule has 5 heteroatoms. The maximum atomic E-state index is 14.9. The largest absolute Gasteiger partial charge is 0.393 e. The third-order valence-corrected chi connectivity index (χ3v) is 7.73. The van der Waals surface area contributed by atoms with Crippen molar-refractivity contribution < 1.29 is 23.0 Å². The van der Waals surface area contributed by atoms with Crippen molar-refractivity contribution in [2.24, 2.45) is 5.92 Å². The van der Waals surface area contributed by atoms with Crippen LogP contribution in [0.15, 0.2) is 54.6 Å². The standard InChI is InChI=1S/C30H31F3O2/c1-18(34)20-8-10-22(11-9-20)26-15-12-23(29(32)30(26)33)7-4-19-2-5-21(6-3-19)25-14-13-24(16-27(25)31)28-17-35-28/h2-3,5-6,12-16,18,20,22,28,34H,4,7-11,17H2,1H3. The molecule has 3 aromatic carbocycles. The summed E-state index contributed by atoms with van der Waals surface area (Å²) in [7, 11) is 0. The second-order valence-electron chi connectivity index (χ2n) is 10.1. The predicted octanol–water partition coefficient (Wildman–Crippen LogP) is 7.28. The van der Waals surface area contributed by atoms with Crippen molar-refractivity contribution in [3.05, 3.63) is 94.3 Å². The van der Waals surface area contributed by atoms with Gasteiger partial charge in [-0.25, -0.2) is 13.2 Å². The molecule has 1 aliphatic heterocycles. The number of aliphatic hydroxyl groups is 1. The van der Waals surface area contributed by atoms with E-state index >= 15 is 0 Å². The van der Waals surface area contributed by atoms with Gasteiger partial charge in [0.15, 0.2) is 11.6 Å². The molecule has 1 saturated heterocycles. The summed E-state index contributed by atoms with van der Waals surface area (Å²) >= 11 is 0. The van der Waals surface area contributed by atoms with Crippen LogP contribution in [0.4, 0.5) is 13.2 Å². The van der Waals surface area contributed by atoms with Crippen molar-refractivity contribution in [3.63, 3.8) is 0 Å². The highest BCUT2D eigenvalue weighted by Gasteiger charge is 2.28. The summed E-state index contributed by atoms with van der Waals surface area (Å²) in [6, 6.07) is 16.2. The van der Waals surface area contributed by atoms with Crippen LogP contribution in [-0.2, 0) is 17.6 Å². The first kappa shape index (κ1) is 24.1. The summed E-state index contributed by atoms with van der Waals surface area (Å²) in [5.41, 5.74) is 3.99. The molecule has 184 valence electrons. The van der Waals surface area contributed by atoms with Gasteiger partial charge >= 0.3 is 0 Å². The van der Waals surface area contributed by atoms with Gasteiger partial charge in [0.2, 0.25) is 0 Å². The third-order valence-electron chi connectivity index (χ3n) is 7.73. The highest BCUT2D eigenvalue weighted by molar-refractivity contribution is 5.65. The lowest BCUT2D eigenvalue weighted by molar-refractivity contribution is 0.0963. The lowest BCUT2D eigenvalue weighted by atomic mass is 9.76. The van der Waals surface area contributed by atoms with Crippen LogP contribution in [0, 0.1) is 23.4 Å². The van der Waals surface area contributed by atoms with E-state index in [-0.39, 0.29) is 29.9 Å². The van der Waals surface area contributed by atoms with E-state index in [9.17, 15) is 18.3 Å². The van der Waals surface area contributed by atoms with Gasteiger partial charge in [0.05, 0.1) is 12.7 Å². The van der Waals surface area contributed by atoms with Crippen LogP contribution >= 0.6 is 0 Å². The lowest BCUT2D eigenvalue weighted by Gasteiger charge is -2.30. The van der Waals surface area contributed by atoms with E-state index < -0.39 is 11.6 Å². The molecule has 2 nitrogen and oxygen atoms in total. The molecule has 0 aromatic heterocycles. The van der Waals surface area contributed by atoms with E-state index in [2.05, 4.69) is 0 Å². The summed E-state index contributed by atoms with van der Waals surface area (Å²) in [6.07, 6.45) is 3.84. The van der Waals surface area contributed by atoms with Crippen LogP contribution in [0.3, 0.4) is 0 Å². The van der Waals surface area contributed by atoms with Crippen molar-refractivity contribution >= 4 is 0 Å². The molecule has 1 N–H and O–H groups in total. The van der Waals surface area contributed by atoms with Crippen molar-refractivity contribution in [1.82, 2.24) is 0 Å². The highest BCUT2D eigenvalue weighted by Crippen LogP contribution is 2.39. The van der Waals surface area contributed by atoms with E-state index in [4.69, 9.17) is 4.74 Å². The van der Waals surface area contributed by atoms with E-state index in [1.165, 1.54) is 6.07 Å². The average molecular weight is 481 g/mol. The molecule has 0 amide bonds. The number of aryl methyl sites for hydroxylation is 2. The zero-order valence-electron chi connectivity index (χ0n) is 19.9. The van der Waals surface area contributed by atoms with Gasteiger partial charge in [-0.3, -0.25) is 0 Å². The first-order valence-electron chi connectivity index (χ1n) is 12.6. The normalized spacial score (nSPS) is 22.7. The molecule has 3 aromatic rings. The number of halogens is 3. The Morgan fingerprint density at radius 2 is 1.60 bits per heavy atom. The fourth-order valence-corrected chi connectivity index (χ4v) is 5.36. The lowest BCUT2D eigenvalue weighted by Crippen LogP contribution is -2.23. The fourth-order valence-electron chi connectivity index (χ4n) is 5.36. The quantitative estimate of drug-likeness (QED) is 0.361. The number of hydrogen-bond donors (Lipinski definition) is 1. The van der Waals surface area contributed by atoms with Crippen LogP contribution in [0.25, 0.3) is 11.1 Å². The van der Waals surface area contributed by atoms with Crippen LogP contribution in [-0.4, -0.2) is 17.8 Å². The molecular formula is C30H31F3O2. The summed E-state index contributed by atoms with van der Waals surface area (Å²) in [6.45, 7) is 2.44. The number of epoxide rings is 1. The number of hydrogen-bond acceptors (Lipinski definition) is 2. The third kappa shape index (κ3) is 5.31. The molecule has 2 fully saturated rings. The minimum Gasteiger partial charge on any atom is -0.393 e. The van der Waals surface area contributed by atoms with E-state index in [1.54, 1.807) is 25.1 Å². The van der Waals surface area contributed by atoms with Gasteiger partial charge in [-0.15, -0.1) is 0 Å². The van der Waals surface area contributed by atoms with E-state index in [1.807, 2.05) is 30.3 Å². The first-order chi connectivity index (χ1) is 16.9. The smallest absolute Gasteiger partial charge is 0.162 e. The van der Waals surface area contributed by atoms with Crippen LogP contribution in [0.1, 0.15) is 66.9 Å². The van der Waals surface area contributed by atoms with Crippen LogP contribution < -0.4 is 0 Å². The molecule has 1 saturated carbocycles. The molecule has 1 heterocycles. The Hall–Kier alpha value is -2.63. The second kappa shape index (κ2) is 10.2. The van der Waals surface area contributed by atoms with Crippen molar-refractivity contribution in [2.75, 3.05) is 6.61 Å². The Labute approximate surface area is 204 Å². The van der Waals surface area contributed by atoms with Crippen molar-refractivity contribution in [1.29, 1.82) is 0 Å². The van der Waals surface area contributed by atoms with Gasteiger partial charge in [-0.1, -0.05) is 48.5 Å². The Morgan fingerprint density at radius 3 is 2.23 bits per heavy atom. The summed E-state index contributed by atoms with van der Waals surface area (Å²) in [5.74, 6) is -1.50. The highest BCUT2D eigenvalue weighted by atomic mass is 19.2. The number of aliphatic hydroxyl groups excluding tert-OH is 1. The Balaban J connectivity index is 1.22. The molecule has 0 radical (unpaired) electrons. The summed E-state index contributed by atoms with van der Waals surface area (Å²) in [4.78, 5) is 0. The SMILES string of the molecule is CC(O)C1CCC(c2ccc(CCc3ccc(-c4ccc(C5CO5)cc4F)cc3)c(F)c2F)CC1. The van der Waals surface area contributed by atoms with Gasteiger partial charge in [0.25, 0.3) is 0 Å². The molecule has 2 atom stereocenters. The van der Waals surface area contributed by atoms with Crippen LogP contribution in [0.5, 0.6) is 0 Å². The second-order valence-corrected chi connectivity index (χ2v) is 10.1. The van der Waals surface area contributed by atoms with Crippen molar-refractivity contribution in [3.8, 4) is 11.1 Å². The monoisotopic (exact) mass is 480 g/mol. The number of ether oxygens (including phenoxy) is 1. The van der Waals surface area contributed by atoms with Crippen molar-refractivity contribution in [2.45, 2.75) is 63.6 Å². The fraction of sp³-hybridized carbons (Fsp3) is 0.400. The van der Waals surface area contributed by atoms with E-state index in [0.717, 1.165) is 42.4 Å². The summed E-state index contributed by atoms with van der Waals surface area (Å²) in [5, 5.41) is 9.78. The zero-order chi connectivity index (χ0) is 24.5. The van der Waals surface area contributed by atoms with Crippen LogP contribution in [0.2, 0.25) is 0 Å². The zero-order valence-corrected chi connectivity index (χ0v) is 19.9. The first-order valence-corrected chi connectivity index (χ1v) is 12.6. The minimum absolute atomic E-state index is 0.00681. The molecule has 0 bridgehead atoms. The Morgan fingerprint density at radius 1 is 0.886 bits per heavy atom. The molecule has 35 heavy (non-hydrogen) atoms. The molecule has 2 aliphatic rings. The maximum absolute atomic E-state index is 14.9. The maximum Gasteiger partial charge on any atom is 0.162 e. The Kier molecular flexibility index (Phi) is 6.99. The van der Waals surface area contributed by atoms with Gasteiger partial charge in [0.1, 0.15) is 11.9 Å². The van der Waals surface area contributed by atoms with Gasteiger partial charge < -0.3 is 9.84 Å². The summed E-state index contributed by atoms with van der Waals surface area (Å²) < 4.78 is 49.6. The topological polar surface area (TPSA) is 32.8 Å². The minimum atomic E-state index is -0.751. The van der Waals surface area contributed by atoms with Gasteiger partial charge in [-0.05, 0) is 91.2 Å². The molecule has 2 unspecified atom stereocenters.